The van der Waals surface area contributed by atoms with E-state index in [1.54, 1.807) is 12.4 Å². The van der Waals surface area contributed by atoms with Crippen LogP contribution in [0, 0.1) is 11.6 Å². The van der Waals surface area contributed by atoms with Gasteiger partial charge in [-0.25, -0.2) is 13.8 Å². The molecule has 0 atom stereocenters. The molecule has 0 amide bonds. The van der Waals surface area contributed by atoms with Crippen LogP contribution >= 0.6 is 11.6 Å². The normalized spacial score (nSPS) is 13.3. The van der Waals surface area contributed by atoms with Crippen LogP contribution in [0.25, 0.3) is 33.5 Å². The fraction of sp³-hybridized carbons (Fsp3) is 0.150. The first-order valence-electron chi connectivity index (χ1n) is 8.57. The van der Waals surface area contributed by atoms with E-state index in [9.17, 15) is 8.78 Å². The van der Waals surface area contributed by atoms with E-state index in [4.69, 9.17) is 16.6 Å². The number of fused-ring (bicyclic) bond motifs is 2. The van der Waals surface area contributed by atoms with Crippen LogP contribution in [0.2, 0.25) is 5.02 Å². The fourth-order valence-corrected chi connectivity index (χ4v) is 3.86. The first-order chi connectivity index (χ1) is 13.1. The number of hydrogen-bond acceptors (Lipinski definition) is 3. The Morgan fingerprint density at radius 3 is 2.59 bits per heavy atom. The van der Waals surface area contributed by atoms with Gasteiger partial charge in [-0.2, -0.15) is 0 Å². The molecule has 0 radical (unpaired) electrons. The molecule has 3 heterocycles. The summed E-state index contributed by atoms with van der Waals surface area (Å²) in [4.78, 5) is 13.4. The lowest BCUT2D eigenvalue weighted by molar-refractivity contribution is 0.509. The second-order valence-corrected chi connectivity index (χ2v) is 6.89. The van der Waals surface area contributed by atoms with Gasteiger partial charge in [-0.05, 0) is 30.7 Å². The van der Waals surface area contributed by atoms with Crippen LogP contribution in [0.4, 0.5) is 8.78 Å². The molecular formula is C20H13ClF2N4. The summed E-state index contributed by atoms with van der Waals surface area (Å²) >= 11 is 6.24. The van der Waals surface area contributed by atoms with E-state index in [1.807, 2.05) is 18.2 Å². The summed E-state index contributed by atoms with van der Waals surface area (Å²) < 4.78 is 29.6. The molecule has 1 aliphatic heterocycles. The van der Waals surface area contributed by atoms with E-state index < -0.39 is 11.6 Å². The number of aromatic nitrogens is 4. The average molecular weight is 383 g/mol. The van der Waals surface area contributed by atoms with Crippen molar-refractivity contribution in [2.75, 3.05) is 0 Å². The summed E-state index contributed by atoms with van der Waals surface area (Å²) in [6, 6.07) is 7.87. The Labute approximate surface area is 158 Å². The number of rotatable bonds is 2. The maximum atomic E-state index is 13.9. The monoisotopic (exact) mass is 382 g/mol. The van der Waals surface area contributed by atoms with E-state index in [-0.39, 0.29) is 5.02 Å². The zero-order valence-corrected chi connectivity index (χ0v) is 14.8. The van der Waals surface area contributed by atoms with Crippen LogP contribution in [-0.4, -0.2) is 19.5 Å². The minimum Gasteiger partial charge on any atom is -0.327 e. The van der Waals surface area contributed by atoms with E-state index in [2.05, 4.69) is 14.5 Å². The SMILES string of the molecule is Fc1cc(Cl)c(-c2nc3n(c2-c2ccc4nccnc4c2)CCC3)cc1F. The number of benzene rings is 2. The molecule has 0 N–H and O–H groups in total. The molecule has 2 aromatic carbocycles. The Morgan fingerprint density at radius 2 is 1.74 bits per heavy atom. The van der Waals surface area contributed by atoms with Crippen molar-refractivity contribution in [3.63, 3.8) is 0 Å². The van der Waals surface area contributed by atoms with Gasteiger partial charge in [0.25, 0.3) is 0 Å². The highest BCUT2D eigenvalue weighted by Gasteiger charge is 2.25. The number of nitrogens with zero attached hydrogens (tertiary/aromatic N) is 4. The molecule has 0 spiro atoms. The third kappa shape index (κ3) is 2.59. The fourth-order valence-electron chi connectivity index (χ4n) is 3.62. The van der Waals surface area contributed by atoms with Gasteiger partial charge >= 0.3 is 0 Å². The molecular weight excluding hydrogens is 370 g/mol. The molecule has 4 nitrogen and oxygen atoms in total. The standard InChI is InChI=1S/C20H13ClF2N4/c21-13-10-15(23)14(22)9-12(13)19-20(27-7-1-2-18(27)26-19)11-3-4-16-17(8-11)25-6-5-24-16/h3-6,8-10H,1-2,7H2. The molecule has 27 heavy (non-hydrogen) atoms. The van der Waals surface area contributed by atoms with Crippen molar-refractivity contribution in [3.8, 4) is 22.5 Å². The smallest absolute Gasteiger partial charge is 0.160 e. The second kappa shape index (κ2) is 6.09. The van der Waals surface area contributed by atoms with Crippen molar-refractivity contribution < 1.29 is 8.78 Å². The molecule has 0 saturated heterocycles. The first kappa shape index (κ1) is 16.3. The first-order valence-corrected chi connectivity index (χ1v) is 8.95. The molecule has 5 rings (SSSR count). The van der Waals surface area contributed by atoms with E-state index in [0.29, 0.717) is 11.3 Å². The van der Waals surface area contributed by atoms with Crippen molar-refractivity contribution >= 4 is 22.6 Å². The van der Waals surface area contributed by atoms with E-state index in [1.165, 1.54) is 0 Å². The molecule has 4 aromatic rings. The number of aryl methyl sites for hydroxylation is 1. The lowest BCUT2D eigenvalue weighted by atomic mass is 10.0. The van der Waals surface area contributed by atoms with E-state index in [0.717, 1.165) is 59.6 Å². The Morgan fingerprint density at radius 1 is 0.963 bits per heavy atom. The summed E-state index contributed by atoms with van der Waals surface area (Å²) in [5, 5.41) is 0.132. The topological polar surface area (TPSA) is 43.6 Å². The lowest BCUT2D eigenvalue weighted by Gasteiger charge is -2.10. The van der Waals surface area contributed by atoms with Crippen LogP contribution in [0.3, 0.4) is 0 Å². The van der Waals surface area contributed by atoms with Crippen molar-refractivity contribution in [2.45, 2.75) is 19.4 Å². The summed E-state index contributed by atoms with van der Waals surface area (Å²) in [5.41, 5.74) is 4.20. The molecule has 0 fully saturated rings. The maximum absolute atomic E-state index is 13.9. The molecule has 1 aliphatic rings. The predicted octanol–water partition coefficient (Wildman–Crippen LogP) is 5.04. The second-order valence-electron chi connectivity index (χ2n) is 6.49. The molecule has 2 aromatic heterocycles. The van der Waals surface area contributed by atoms with Gasteiger partial charge < -0.3 is 4.57 Å². The van der Waals surface area contributed by atoms with Gasteiger partial charge in [-0.1, -0.05) is 17.7 Å². The van der Waals surface area contributed by atoms with Crippen molar-refractivity contribution in [1.82, 2.24) is 19.5 Å². The van der Waals surface area contributed by atoms with Crippen LogP contribution in [-0.2, 0) is 13.0 Å². The van der Waals surface area contributed by atoms with Gasteiger partial charge in [0.05, 0.1) is 27.4 Å². The molecule has 0 bridgehead atoms. The van der Waals surface area contributed by atoms with Gasteiger partial charge in [0.1, 0.15) is 5.82 Å². The summed E-state index contributed by atoms with van der Waals surface area (Å²) in [7, 11) is 0. The van der Waals surface area contributed by atoms with Crippen LogP contribution in [0.15, 0.2) is 42.7 Å². The third-order valence-electron chi connectivity index (χ3n) is 4.84. The number of hydrogen-bond donors (Lipinski definition) is 0. The molecule has 134 valence electrons. The summed E-state index contributed by atoms with van der Waals surface area (Å²) in [6.07, 6.45) is 5.11. The quantitative estimate of drug-likeness (QED) is 0.456. The number of halogens is 3. The highest BCUT2D eigenvalue weighted by molar-refractivity contribution is 6.33. The third-order valence-corrected chi connectivity index (χ3v) is 5.15. The van der Waals surface area contributed by atoms with Gasteiger partial charge in [-0.15, -0.1) is 0 Å². The van der Waals surface area contributed by atoms with Crippen molar-refractivity contribution in [3.05, 3.63) is 65.2 Å². The Hall–Kier alpha value is -2.86. The molecule has 7 heteroatoms. The Kier molecular flexibility index (Phi) is 3.68. The minimum atomic E-state index is -0.974. The van der Waals surface area contributed by atoms with Crippen LogP contribution < -0.4 is 0 Å². The Balaban J connectivity index is 1.78. The lowest BCUT2D eigenvalue weighted by Crippen LogP contribution is -1.97. The van der Waals surface area contributed by atoms with Crippen molar-refractivity contribution in [1.29, 1.82) is 0 Å². The van der Waals surface area contributed by atoms with Crippen LogP contribution in [0.5, 0.6) is 0 Å². The highest BCUT2D eigenvalue weighted by atomic mass is 35.5. The molecule has 0 aliphatic carbocycles. The van der Waals surface area contributed by atoms with E-state index >= 15 is 0 Å². The highest BCUT2D eigenvalue weighted by Crippen LogP contribution is 2.39. The zero-order chi connectivity index (χ0) is 18.5. The van der Waals surface area contributed by atoms with Crippen molar-refractivity contribution in [2.24, 2.45) is 0 Å². The van der Waals surface area contributed by atoms with Gasteiger partial charge in [0, 0.05) is 36.5 Å². The zero-order valence-electron chi connectivity index (χ0n) is 14.1. The van der Waals surface area contributed by atoms with Gasteiger partial charge in [0.15, 0.2) is 11.6 Å². The Bertz CT molecular complexity index is 1200. The summed E-state index contributed by atoms with van der Waals surface area (Å²) in [5.74, 6) is -1.00. The summed E-state index contributed by atoms with van der Waals surface area (Å²) in [6.45, 7) is 0.817. The van der Waals surface area contributed by atoms with Crippen LogP contribution in [0.1, 0.15) is 12.2 Å². The molecule has 0 unspecified atom stereocenters. The average Bonchev–Trinajstić information content (AvgIpc) is 3.25. The maximum Gasteiger partial charge on any atom is 0.160 e. The number of imidazole rings is 1. The largest absolute Gasteiger partial charge is 0.327 e. The minimum absolute atomic E-state index is 0.132. The van der Waals surface area contributed by atoms with Gasteiger partial charge in [0.2, 0.25) is 0 Å². The molecule has 0 saturated carbocycles. The predicted molar refractivity (Wildman–Crippen MR) is 99.4 cm³/mol. The van der Waals surface area contributed by atoms with Gasteiger partial charge in [-0.3, -0.25) is 9.97 Å².